The highest BCUT2D eigenvalue weighted by molar-refractivity contribution is 5.79. The molecule has 4 heteroatoms. The number of carbonyl (C=O) groups excluding carboxylic acids is 2. The van der Waals surface area contributed by atoms with Crippen molar-refractivity contribution in [1.82, 2.24) is 0 Å². The molecule has 4 atom stereocenters. The first-order valence-electron chi connectivity index (χ1n) is 4.52. The van der Waals surface area contributed by atoms with Crippen LogP contribution in [-0.4, -0.2) is 18.5 Å². The molecule has 0 aromatic heterocycles. The van der Waals surface area contributed by atoms with Crippen LogP contribution in [0.25, 0.3) is 0 Å². The van der Waals surface area contributed by atoms with Gasteiger partial charge in [-0.15, -0.1) is 0 Å². The summed E-state index contributed by atoms with van der Waals surface area (Å²) < 4.78 is 10.3. The minimum absolute atomic E-state index is 0.0511. The molecule has 0 amide bonds. The Morgan fingerprint density at radius 3 is 2.86 bits per heavy atom. The van der Waals surface area contributed by atoms with Gasteiger partial charge in [0.25, 0.3) is 6.29 Å². The number of carbonyl (C=O) groups is 2. The predicted octanol–water partition coefficient (Wildman–Crippen LogP) is 0.401. The predicted molar refractivity (Wildman–Crippen MR) is 44.7 cm³/mol. The number of esters is 1. The molecule has 0 spiro atoms. The zero-order chi connectivity index (χ0) is 9.71. The first kappa shape index (κ1) is 7.79. The molecule has 0 aromatic carbocycles. The van der Waals surface area contributed by atoms with E-state index in [4.69, 9.17) is 9.47 Å². The van der Waals surface area contributed by atoms with Gasteiger partial charge in [-0.25, -0.2) is 0 Å². The van der Waals surface area contributed by atoms with Gasteiger partial charge in [0.2, 0.25) is 0 Å². The van der Waals surface area contributed by atoms with Crippen molar-refractivity contribution in [2.45, 2.75) is 6.29 Å². The van der Waals surface area contributed by atoms with E-state index in [1.165, 1.54) is 0 Å². The topological polar surface area (TPSA) is 52.6 Å². The van der Waals surface area contributed by atoms with Gasteiger partial charge in [-0.2, -0.15) is 0 Å². The Morgan fingerprint density at radius 1 is 1.21 bits per heavy atom. The van der Waals surface area contributed by atoms with E-state index in [-0.39, 0.29) is 29.5 Å². The van der Waals surface area contributed by atoms with Crippen LogP contribution in [0.3, 0.4) is 0 Å². The summed E-state index contributed by atoms with van der Waals surface area (Å²) in [6.45, 7) is 0. The van der Waals surface area contributed by atoms with Crippen molar-refractivity contribution in [3.8, 4) is 0 Å². The lowest BCUT2D eigenvalue weighted by molar-refractivity contribution is -0.202. The zero-order valence-electron chi connectivity index (χ0n) is 7.25. The summed E-state index contributed by atoms with van der Waals surface area (Å²) in [6.07, 6.45) is 5.54. The maximum absolute atomic E-state index is 11.4. The monoisotopic (exact) mass is 192 g/mol. The van der Waals surface area contributed by atoms with Gasteiger partial charge in [0.15, 0.2) is 12.0 Å². The van der Waals surface area contributed by atoms with Crippen LogP contribution in [0.2, 0.25) is 0 Å². The van der Waals surface area contributed by atoms with Crippen LogP contribution in [0.5, 0.6) is 0 Å². The van der Waals surface area contributed by atoms with E-state index < -0.39 is 6.29 Å². The summed E-state index contributed by atoms with van der Waals surface area (Å²) in [5.74, 6) is -0.0738. The summed E-state index contributed by atoms with van der Waals surface area (Å²) in [5.41, 5.74) is 0. The zero-order valence-corrected chi connectivity index (χ0v) is 7.25. The Hall–Kier alpha value is -1.58. The summed E-state index contributed by atoms with van der Waals surface area (Å²) in [6, 6.07) is 0. The van der Waals surface area contributed by atoms with Crippen LogP contribution in [-0.2, 0) is 19.1 Å². The molecule has 0 saturated carbocycles. The maximum Gasteiger partial charge on any atom is 0.316 e. The minimum Gasteiger partial charge on any atom is -0.451 e. The van der Waals surface area contributed by atoms with Crippen LogP contribution in [0.1, 0.15) is 0 Å². The molecular formula is C10H8O4. The van der Waals surface area contributed by atoms with Crippen LogP contribution in [0, 0.1) is 17.8 Å². The number of hydrogen-bond donors (Lipinski definition) is 0. The number of allylic oxidation sites excluding steroid dienone is 2. The standard InChI is InChI=1S/C10H8O4/c11-4-5-3-8-6-1-2-7(8)10(13-5)14-9(6)12/h1-4,6-8,10H/t6-,7+,8-,10+/m1/s1. The van der Waals surface area contributed by atoms with Crippen molar-refractivity contribution in [3.05, 3.63) is 24.0 Å². The molecule has 0 aromatic rings. The van der Waals surface area contributed by atoms with Gasteiger partial charge in [0.05, 0.1) is 11.8 Å². The second kappa shape index (κ2) is 2.47. The van der Waals surface area contributed by atoms with E-state index in [1.807, 2.05) is 12.2 Å². The third kappa shape index (κ3) is 0.828. The van der Waals surface area contributed by atoms with Gasteiger partial charge in [-0.05, 0) is 6.08 Å². The van der Waals surface area contributed by atoms with Gasteiger partial charge in [-0.1, -0.05) is 12.2 Å². The molecule has 3 aliphatic rings. The molecule has 3 rings (SSSR count). The molecule has 0 unspecified atom stereocenters. The van der Waals surface area contributed by atoms with Crippen molar-refractivity contribution in [3.63, 3.8) is 0 Å². The Labute approximate surface area is 80.2 Å². The average Bonchev–Trinajstić information content (AvgIpc) is 2.52. The summed E-state index contributed by atoms with van der Waals surface area (Å²) in [7, 11) is 0. The Kier molecular flexibility index (Phi) is 1.37. The van der Waals surface area contributed by atoms with Crippen molar-refractivity contribution < 1.29 is 19.1 Å². The van der Waals surface area contributed by atoms with E-state index in [2.05, 4.69) is 0 Å². The van der Waals surface area contributed by atoms with Crippen LogP contribution in [0.4, 0.5) is 0 Å². The van der Waals surface area contributed by atoms with E-state index in [0.29, 0.717) is 6.29 Å². The lowest BCUT2D eigenvalue weighted by Crippen LogP contribution is -2.44. The van der Waals surface area contributed by atoms with Crippen molar-refractivity contribution >= 4 is 12.3 Å². The quantitative estimate of drug-likeness (QED) is 0.343. The SMILES string of the molecule is O=CC1=C[C@H]2[C@@H]3C=C[C@H]2C(=O)O[C@@H]3O1. The number of ether oxygens (including phenoxy) is 2. The largest absolute Gasteiger partial charge is 0.451 e. The molecule has 2 aliphatic heterocycles. The van der Waals surface area contributed by atoms with Gasteiger partial charge in [0.1, 0.15) is 0 Å². The lowest BCUT2D eigenvalue weighted by atomic mass is 9.83. The Balaban J connectivity index is 2.05. The fraction of sp³-hybridized carbons (Fsp3) is 0.400. The van der Waals surface area contributed by atoms with Gasteiger partial charge >= 0.3 is 5.97 Å². The third-order valence-electron chi connectivity index (χ3n) is 2.94. The summed E-state index contributed by atoms with van der Waals surface area (Å²) in [4.78, 5) is 21.9. The summed E-state index contributed by atoms with van der Waals surface area (Å²) >= 11 is 0. The highest BCUT2D eigenvalue weighted by Gasteiger charge is 2.50. The van der Waals surface area contributed by atoms with E-state index in [0.717, 1.165) is 0 Å². The Bertz CT molecular complexity index is 368. The maximum atomic E-state index is 11.4. The smallest absolute Gasteiger partial charge is 0.316 e. The molecule has 72 valence electrons. The fourth-order valence-electron chi connectivity index (χ4n) is 2.27. The highest BCUT2D eigenvalue weighted by atomic mass is 16.7. The number of hydrogen-bond acceptors (Lipinski definition) is 4. The van der Waals surface area contributed by atoms with Crippen molar-refractivity contribution in [1.29, 1.82) is 0 Å². The second-order valence-corrected chi connectivity index (χ2v) is 3.68. The van der Waals surface area contributed by atoms with Crippen LogP contribution in [0.15, 0.2) is 24.0 Å². The molecule has 4 bridgehead atoms. The molecule has 0 radical (unpaired) electrons. The normalized spacial score (nSPS) is 42.6. The molecular weight excluding hydrogens is 184 g/mol. The molecule has 4 nitrogen and oxygen atoms in total. The fourth-order valence-corrected chi connectivity index (χ4v) is 2.27. The Morgan fingerprint density at radius 2 is 2.07 bits per heavy atom. The molecule has 1 aliphatic carbocycles. The molecule has 2 heterocycles. The first-order chi connectivity index (χ1) is 6.79. The van der Waals surface area contributed by atoms with Gasteiger partial charge in [0, 0.05) is 5.92 Å². The first-order valence-corrected chi connectivity index (χ1v) is 4.52. The minimum atomic E-state index is -0.604. The number of rotatable bonds is 1. The second-order valence-electron chi connectivity index (χ2n) is 3.68. The van der Waals surface area contributed by atoms with Crippen molar-refractivity contribution in [2.24, 2.45) is 17.8 Å². The van der Waals surface area contributed by atoms with E-state index >= 15 is 0 Å². The molecule has 14 heavy (non-hydrogen) atoms. The summed E-state index contributed by atoms with van der Waals surface area (Å²) in [5, 5.41) is 0. The van der Waals surface area contributed by atoms with Crippen LogP contribution >= 0.6 is 0 Å². The number of aldehydes is 1. The van der Waals surface area contributed by atoms with Crippen LogP contribution < -0.4 is 0 Å². The average molecular weight is 192 g/mol. The highest BCUT2D eigenvalue weighted by Crippen LogP contribution is 2.44. The van der Waals surface area contributed by atoms with Gasteiger partial charge < -0.3 is 9.47 Å². The third-order valence-corrected chi connectivity index (χ3v) is 2.94. The van der Waals surface area contributed by atoms with E-state index in [9.17, 15) is 9.59 Å². The molecule has 1 fully saturated rings. The molecule has 0 N–H and O–H groups in total. The van der Waals surface area contributed by atoms with E-state index in [1.54, 1.807) is 6.08 Å². The lowest BCUT2D eigenvalue weighted by Gasteiger charge is -2.37. The van der Waals surface area contributed by atoms with Crippen molar-refractivity contribution in [2.75, 3.05) is 0 Å². The van der Waals surface area contributed by atoms with Gasteiger partial charge in [-0.3, -0.25) is 9.59 Å². The molecule has 1 saturated heterocycles.